The monoisotopic (exact) mass is 692 g/mol. The number of thiophene rings is 1. The number of pyridine rings is 1. The third-order valence-electron chi connectivity index (χ3n) is 9.51. The van der Waals surface area contributed by atoms with Gasteiger partial charge in [0.1, 0.15) is 23.1 Å². The smallest absolute Gasteiger partial charge is 0.346 e. The lowest BCUT2D eigenvalue weighted by atomic mass is 9.99. The zero-order valence-electron chi connectivity index (χ0n) is 27.1. The zero-order chi connectivity index (χ0) is 34.4. The van der Waals surface area contributed by atoms with E-state index in [1.807, 2.05) is 53.1 Å². The summed E-state index contributed by atoms with van der Waals surface area (Å²) in [6, 6.07) is 22.6. The lowest BCUT2D eigenvalue weighted by Gasteiger charge is -2.27. The summed E-state index contributed by atoms with van der Waals surface area (Å²) in [6.07, 6.45) is 2.33. The number of hydrogen-bond donors (Lipinski definition) is 2. The van der Waals surface area contributed by atoms with E-state index in [0.717, 1.165) is 57.4 Å². The number of nitrogens with one attached hydrogen (secondary N) is 1. The number of carbonyl (C=O) groups is 2. The van der Waals surface area contributed by atoms with Crippen molar-refractivity contribution < 1.29 is 28.2 Å². The van der Waals surface area contributed by atoms with Crippen molar-refractivity contribution in [1.29, 1.82) is 0 Å². The van der Waals surface area contributed by atoms with Crippen molar-refractivity contribution in [3.8, 4) is 33.6 Å². The normalized spacial score (nSPS) is 14.9. The molecule has 1 saturated carbocycles. The number of fused-ring (bicyclic) bond motifs is 2. The Labute approximate surface area is 290 Å². The maximum atomic E-state index is 14.7. The number of halogens is 2. The van der Waals surface area contributed by atoms with Crippen LogP contribution >= 0.6 is 11.3 Å². The molecule has 3 aromatic carbocycles. The van der Waals surface area contributed by atoms with Gasteiger partial charge in [-0.15, -0.1) is 11.3 Å². The standard InChI is InChI=1S/C39H34F2N4O4S/c40-28-7-4-8-29(41)34(28)31-14-11-25-19-26(12-13-30(25)43-31)35-33(24-5-2-1-3-6-24)38-36(45(35)22-32(46)44-15-17-49-18-16-44)27(37(50-38)39(47)48)21-42-20-23-9-10-23/h1-8,11-14,19,23,42H,9-10,15-18,20-22H2,(H,47,48). The number of ether oxygens (including phenoxy) is 1. The molecule has 4 heterocycles. The van der Waals surface area contributed by atoms with Gasteiger partial charge in [-0.1, -0.05) is 48.5 Å². The topological polar surface area (TPSA) is 96.7 Å². The average Bonchev–Trinajstić information content (AvgIpc) is 3.80. The number of rotatable bonds is 10. The molecule has 0 atom stereocenters. The van der Waals surface area contributed by atoms with Crippen molar-refractivity contribution in [3.63, 3.8) is 0 Å². The van der Waals surface area contributed by atoms with E-state index in [2.05, 4.69) is 10.3 Å². The molecule has 1 aliphatic heterocycles. The second-order valence-corrected chi connectivity index (χ2v) is 13.9. The first-order valence-electron chi connectivity index (χ1n) is 16.8. The number of carboxylic acid groups (broad SMARTS) is 1. The Balaban J connectivity index is 1.34. The zero-order valence-corrected chi connectivity index (χ0v) is 27.9. The van der Waals surface area contributed by atoms with E-state index >= 15 is 0 Å². The first kappa shape index (κ1) is 32.2. The summed E-state index contributed by atoms with van der Waals surface area (Å²) in [5.41, 5.74) is 5.27. The van der Waals surface area contributed by atoms with Gasteiger partial charge in [-0.05, 0) is 66.8 Å². The number of carbonyl (C=O) groups excluding carboxylic acids is 1. The van der Waals surface area contributed by atoms with Crippen molar-refractivity contribution in [2.45, 2.75) is 25.9 Å². The number of aromatic carboxylic acids is 1. The van der Waals surface area contributed by atoms with Crippen molar-refractivity contribution in [2.24, 2.45) is 5.92 Å². The largest absolute Gasteiger partial charge is 0.477 e. The van der Waals surface area contributed by atoms with Gasteiger partial charge in [0.05, 0.1) is 45.9 Å². The number of amides is 1. The van der Waals surface area contributed by atoms with Crippen LogP contribution in [0.2, 0.25) is 0 Å². The van der Waals surface area contributed by atoms with Crippen LogP contribution in [-0.2, 0) is 22.6 Å². The Morgan fingerprint density at radius 3 is 2.40 bits per heavy atom. The maximum absolute atomic E-state index is 14.7. The van der Waals surface area contributed by atoms with Crippen LogP contribution in [0.25, 0.3) is 54.8 Å². The van der Waals surface area contributed by atoms with Gasteiger partial charge in [0.2, 0.25) is 5.91 Å². The highest BCUT2D eigenvalue weighted by Gasteiger charge is 2.31. The molecule has 254 valence electrons. The lowest BCUT2D eigenvalue weighted by Crippen LogP contribution is -2.42. The van der Waals surface area contributed by atoms with Crippen LogP contribution in [-0.4, -0.2) is 64.3 Å². The number of nitrogens with zero attached hydrogens (tertiary/aromatic N) is 3. The minimum Gasteiger partial charge on any atom is -0.477 e. The molecule has 0 radical (unpaired) electrons. The molecule has 6 aromatic rings. The molecule has 0 spiro atoms. The lowest BCUT2D eigenvalue weighted by molar-refractivity contribution is -0.135. The molecular weight excluding hydrogens is 659 g/mol. The van der Waals surface area contributed by atoms with Gasteiger partial charge in [0.15, 0.2) is 0 Å². The van der Waals surface area contributed by atoms with Crippen molar-refractivity contribution in [3.05, 3.63) is 101 Å². The van der Waals surface area contributed by atoms with Gasteiger partial charge in [0.25, 0.3) is 0 Å². The van der Waals surface area contributed by atoms with Gasteiger partial charge in [-0.2, -0.15) is 0 Å². The predicted molar refractivity (Wildman–Crippen MR) is 190 cm³/mol. The molecule has 2 fully saturated rings. The van der Waals surface area contributed by atoms with Crippen LogP contribution in [0, 0.1) is 17.6 Å². The fraction of sp³-hybridized carbons (Fsp3) is 0.256. The summed E-state index contributed by atoms with van der Waals surface area (Å²) in [5.74, 6) is -1.85. The second kappa shape index (κ2) is 13.4. The maximum Gasteiger partial charge on any atom is 0.346 e. The Hall–Kier alpha value is -4.97. The van der Waals surface area contributed by atoms with E-state index in [1.165, 1.54) is 29.5 Å². The van der Waals surface area contributed by atoms with Crippen LogP contribution in [0.4, 0.5) is 8.78 Å². The number of aromatic nitrogens is 2. The molecule has 0 unspecified atom stereocenters. The molecule has 8 rings (SSSR count). The predicted octanol–water partition coefficient (Wildman–Crippen LogP) is 7.59. The third kappa shape index (κ3) is 6.06. The SMILES string of the molecule is O=C(O)c1sc2c(-c3ccccc3)c(-c3ccc4nc(-c5c(F)cccc5F)ccc4c3)n(CC(=O)N3CCOCC3)c2c1CNCC1CC1. The van der Waals surface area contributed by atoms with Gasteiger partial charge in [-0.25, -0.2) is 18.6 Å². The number of morpholine rings is 1. The van der Waals surface area contributed by atoms with Gasteiger partial charge >= 0.3 is 5.97 Å². The number of carboxylic acids is 1. The molecule has 50 heavy (non-hydrogen) atoms. The Kier molecular flexibility index (Phi) is 8.64. The van der Waals surface area contributed by atoms with E-state index < -0.39 is 17.6 Å². The van der Waals surface area contributed by atoms with E-state index in [4.69, 9.17) is 4.74 Å². The van der Waals surface area contributed by atoms with E-state index in [-0.39, 0.29) is 28.6 Å². The van der Waals surface area contributed by atoms with E-state index in [0.29, 0.717) is 49.8 Å². The van der Waals surface area contributed by atoms with Crippen molar-refractivity contribution in [1.82, 2.24) is 19.8 Å². The molecule has 3 aromatic heterocycles. The third-order valence-corrected chi connectivity index (χ3v) is 10.7. The van der Waals surface area contributed by atoms with Crippen LogP contribution in [0.15, 0.2) is 78.9 Å². The van der Waals surface area contributed by atoms with Crippen LogP contribution in [0.5, 0.6) is 0 Å². The average molecular weight is 693 g/mol. The highest BCUT2D eigenvalue weighted by molar-refractivity contribution is 7.21. The summed E-state index contributed by atoms with van der Waals surface area (Å²) in [7, 11) is 0. The fourth-order valence-corrected chi connectivity index (χ4v) is 8.09. The molecule has 1 aliphatic carbocycles. The van der Waals surface area contributed by atoms with Gasteiger partial charge in [0, 0.05) is 36.1 Å². The summed E-state index contributed by atoms with van der Waals surface area (Å²) in [4.78, 5) is 33.4. The summed E-state index contributed by atoms with van der Waals surface area (Å²) in [5, 5.41) is 14.7. The summed E-state index contributed by atoms with van der Waals surface area (Å²) in [6.45, 7) is 3.06. The second-order valence-electron chi connectivity index (χ2n) is 12.8. The van der Waals surface area contributed by atoms with Crippen LogP contribution in [0.3, 0.4) is 0 Å². The van der Waals surface area contributed by atoms with Crippen molar-refractivity contribution >= 4 is 44.3 Å². The van der Waals surface area contributed by atoms with E-state index in [9.17, 15) is 23.5 Å². The van der Waals surface area contributed by atoms with E-state index in [1.54, 1.807) is 17.0 Å². The number of benzene rings is 3. The fourth-order valence-electron chi connectivity index (χ4n) is 6.86. The quantitative estimate of drug-likeness (QED) is 0.154. The minimum absolute atomic E-state index is 0.00582. The summed E-state index contributed by atoms with van der Waals surface area (Å²) < 4.78 is 37.6. The molecule has 2 aliphatic rings. The molecule has 1 amide bonds. The molecule has 2 N–H and O–H groups in total. The molecule has 11 heteroatoms. The van der Waals surface area contributed by atoms with Crippen LogP contribution < -0.4 is 5.32 Å². The van der Waals surface area contributed by atoms with Crippen LogP contribution in [0.1, 0.15) is 28.1 Å². The molecule has 0 bridgehead atoms. The summed E-state index contributed by atoms with van der Waals surface area (Å²) >= 11 is 1.24. The first-order valence-corrected chi connectivity index (χ1v) is 17.6. The Morgan fingerprint density at radius 1 is 0.920 bits per heavy atom. The molecule has 8 nitrogen and oxygen atoms in total. The number of hydrogen-bond acceptors (Lipinski definition) is 6. The molecule has 1 saturated heterocycles. The van der Waals surface area contributed by atoms with Gasteiger partial charge < -0.3 is 24.6 Å². The van der Waals surface area contributed by atoms with Crippen molar-refractivity contribution in [2.75, 3.05) is 32.8 Å². The first-order chi connectivity index (χ1) is 24.4. The minimum atomic E-state index is -1.00. The highest BCUT2D eigenvalue weighted by atomic mass is 32.1. The van der Waals surface area contributed by atoms with Gasteiger partial charge in [-0.3, -0.25) is 4.79 Å². The molecular formula is C39H34F2N4O4S. The Bertz CT molecular complexity index is 2240. The Morgan fingerprint density at radius 2 is 1.68 bits per heavy atom. The highest BCUT2D eigenvalue weighted by Crippen LogP contribution is 2.47.